The third kappa shape index (κ3) is 2.73. The van der Waals surface area contributed by atoms with Crippen LogP contribution in [-0.4, -0.2) is 11.2 Å². The first-order valence-electron chi connectivity index (χ1n) is 5.42. The molecule has 0 heterocycles. The topological polar surface area (TPSA) is 20.2 Å². The summed E-state index contributed by atoms with van der Waals surface area (Å²) in [5.74, 6) is 2.73. The van der Waals surface area contributed by atoms with Crippen LogP contribution in [0.4, 0.5) is 0 Å². The lowest BCUT2D eigenvalue weighted by Gasteiger charge is -2.19. The molecule has 82 valence electrons. The second-order valence-corrected chi connectivity index (χ2v) is 5.24. The van der Waals surface area contributed by atoms with Crippen LogP contribution in [0, 0.1) is 17.8 Å². The lowest BCUT2D eigenvalue weighted by atomic mass is 9.85. The van der Waals surface area contributed by atoms with Crippen LogP contribution >= 0.6 is 0 Å². The summed E-state index contributed by atoms with van der Waals surface area (Å²) in [7, 11) is 0. The van der Waals surface area contributed by atoms with Gasteiger partial charge in [0.15, 0.2) is 0 Å². The van der Waals surface area contributed by atoms with Gasteiger partial charge >= 0.3 is 0 Å². The lowest BCUT2D eigenvalue weighted by molar-refractivity contribution is 0.215. The van der Waals surface area contributed by atoms with Crippen LogP contribution in [0.25, 0.3) is 0 Å². The van der Waals surface area contributed by atoms with Gasteiger partial charge in [0.2, 0.25) is 0 Å². The van der Waals surface area contributed by atoms with Crippen molar-refractivity contribution in [3.05, 3.63) is 22.8 Å². The summed E-state index contributed by atoms with van der Waals surface area (Å²) >= 11 is 0. The maximum atomic E-state index is 9.80. The summed E-state index contributed by atoms with van der Waals surface area (Å²) in [6.07, 6.45) is 8.99. The minimum Gasteiger partial charge on any atom is -0.388 e. The number of rotatable bonds is 1. The maximum absolute atomic E-state index is 9.80. The molecule has 0 aliphatic heterocycles. The van der Waals surface area contributed by atoms with Gasteiger partial charge in [0.1, 0.15) is 0 Å². The Bertz CT molecular complexity index is 345. The summed E-state index contributed by atoms with van der Waals surface area (Å²) in [4.78, 5) is 0. The first kappa shape index (κ1) is 12.1. The zero-order valence-corrected chi connectivity index (χ0v) is 10.1. The van der Waals surface area contributed by atoms with E-state index in [0.29, 0.717) is 0 Å². The molecular weight excluding hydrogens is 184 g/mol. The van der Waals surface area contributed by atoms with Gasteiger partial charge in [0.05, 0.1) is 6.10 Å². The average Bonchev–Trinajstić information content (AvgIpc) is 2.41. The average molecular weight is 204 g/mol. The summed E-state index contributed by atoms with van der Waals surface area (Å²) in [5.41, 5.74) is 3.22. The van der Waals surface area contributed by atoms with Crippen molar-refractivity contribution < 1.29 is 5.11 Å². The Kier molecular flexibility index (Phi) is 3.42. The molecule has 0 aromatic rings. The number of hydrogen-bond donors (Lipinski definition) is 1. The standard InChI is InChI=1S/C14H20O/c1-6-11(14(3,4)5)9-12-10(2)7-8-13(12)15/h1,9,13,15H,7-8H2,2-5H3/b11-9+. The van der Waals surface area contributed by atoms with Crippen molar-refractivity contribution in [2.75, 3.05) is 0 Å². The van der Waals surface area contributed by atoms with Gasteiger partial charge in [-0.1, -0.05) is 32.3 Å². The Morgan fingerprint density at radius 3 is 2.47 bits per heavy atom. The second-order valence-electron chi connectivity index (χ2n) is 5.24. The van der Waals surface area contributed by atoms with E-state index in [4.69, 9.17) is 6.42 Å². The Morgan fingerprint density at radius 1 is 1.53 bits per heavy atom. The molecule has 1 nitrogen and oxygen atoms in total. The summed E-state index contributed by atoms with van der Waals surface area (Å²) in [5, 5.41) is 9.80. The van der Waals surface area contributed by atoms with Crippen molar-refractivity contribution in [2.45, 2.75) is 46.6 Å². The van der Waals surface area contributed by atoms with Crippen LogP contribution in [0.15, 0.2) is 22.8 Å². The molecule has 0 spiro atoms. The monoisotopic (exact) mass is 204 g/mol. The molecule has 1 rings (SSSR count). The highest BCUT2D eigenvalue weighted by Crippen LogP contribution is 2.32. The lowest BCUT2D eigenvalue weighted by Crippen LogP contribution is -2.10. The molecule has 1 N–H and O–H groups in total. The molecule has 15 heavy (non-hydrogen) atoms. The minimum atomic E-state index is -0.323. The summed E-state index contributed by atoms with van der Waals surface area (Å²) in [6, 6.07) is 0. The molecule has 0 aromatic carbocycles. The molecule has 0 saturated carbocycles. The summed E-state index contributed by atoms with van der Waals surface area (Å²) < 4.78 is 0. The molecule has 0 amide bonds. The molecule has 0 fully saturated rings. The van der Waals surface area contributed by atoms with Gasteiger partial charge in [0.25, 0.3) is 0 Å². The van der Waals surface area contributed by atoms with Crippen LogP contribution in [0.1, 0.15) is 40.5 Å². The number of aliphatic hydroxyl groups is 1. The Balaban J connectivity index is 3.06. The number of terminal acetylenes is 1. The SMILES string of the molecule is C#C/C(=C\C1=C(C)CCC1O)C(C)(C)C. The van der Waals surface area contributed by atoms with Crippen LogP contribution in [0.2, 0.25) is 0 Å². The van der Waals surface area contributed by atoms with E-state index in [1.54, 1.807) is 0 Å². The zero-order valence-electron chi connectivity index (χ0n) is 10.1. The van der Waals surface area contributed by atoms with Crippen LogP contribution in [0.5, 0.6) is 0 Å². The van der Waals surface area contributed by atoms with Crippen LogP contribution < -0.4 is 0 Å². The molecule has 1 unspecified atom stereocenters. The Morgan fingerprint density at radius 2 is 2.13 bits per heavy atom. The molecule has 0 radical (unpaired) electrons. The summed E-state index contributed by atoms with van der Waals surface area (Å²) in [6.45, 7) is 8.35. The highest BCUT2D eigenvalue weighted by Gasteiger charge is 2.22. The van der Waals surface area contributed by atoms with E-state index in [0.717, 1.165) is 24.0 Å². The second kappa shape index (κ2) is 4.24. The minimum absolute atomic E-state index is 0.0235. The Hall–Kier alpha value is -1.00. The highest BCUT2D eigenvalue weighted by molar-refractivity contribution is 5.42. The molecule has 1 heteroatoms. The first-order chi connectivity index (χ1) is 6.86. The Labute approximate surface area is 92.9 Å². The quantitative estimate of drug-likeness (QED) is 0.651. The fraction of sp³-hybridized carbons (Fsp3) is 0.571. The predicted octanol–water partition coefficient (Wildman–Crippen LogP) is 3.06. The molecule has 1 aliphatic carbocycles. The molecule has 0 bridgehead atoms. The molecule has 0 aromatic heterocycles. The van der Waals surface area contributed by atoms with Crippen LogP contribution in [0.3, 0.4) is 0 Å². The van der Waals surface area contributed by atoms with Crippen molar-refractivity contribution in [1.82, 2.24) is 0 Å². The van der Waals surface area contributed by atoms with E-state index in [1.165, 1.54) is 5.57 Å². The fourth-order valence-electron chi connectivity index (χ4n) is 1.79. The number of hydrogen-bond acceptors (Lipinski definition) is 1. The molecule has 0 saturated heterocycles. The predicted molar refractivity (Wildman–Crippen MR) is 64.3 cm³/mol. The van der Waals surface area contributed by atoms with E-state index in [1.807, 2.05) is 6.08 Å². The van der Waals surface area contributed by atoms with E-state index < -0.39 is 0 Å². The normalized spacial score (nSPS) is 23.2. The molecule has 1 atom stereocenters. The molecular formula is C14H20O. The van der Waals surface area contributed by atoms with Crippen molar-refractivity contribution in [3.63, 3.8) is 0 Å². The van der Waals surface area contributed by atoms with Crippen molar-refractivity contribution >= 4 is 0 Å². The molecule has 1 aliphatic rings. The zero-order chi connectivity index (χ0) is 11.6. The van der Waals surface area contributed by atoms with Crippen molar-refractivity contribution in [3.8, 4) is 12.3 Å². The fourth-order valence-corrected chi connectivity index (χ4v) is 1.79. The van der Waals surface area contributed by atoms with Gasteiger partial charge in [-0.3, -0.25) is 0 Å². The van der Waals surface area contributed by atoms with E-state index in [-0.39, 0.29) is 11.5 Å². The third-order valence-corrected chi connectivity index (χ3v) is 2.91. The van der Waals surface area contributed by atoms with Gasteiger partial charge in [-0.2, -0.15) is 0 Å². The maximum Gasteiger partial charge on any atom is 0.0792 e. The van der Waals surface area contributed by atoms with Crippen LogP contribution in [-0.2, 0) is 0 Å². The van der Waals surface area contributed by atoms with Crippen molar-refractivity contribution in [1.29, 1.82) is 0 Å². The van der Waals surface area contributed by atoms with Gasteiger partial charge in [-0.05, 0) is 36.8 Å². The van der Waals surface area contributed by atoms with E-state index in [2.05, 4.69) is 33.6 Å². The van der Waals surface area contributed by atoms with E-state index >= 15 is 0 Å². The smallest absolute Gasteiger partial charge is 0.0792 e. The van der Waals surface area contributed by atoms with Gasteiger partial charge in [-0.25, -0.2) is 0 Å². The number of allylic oxidation sites excluding steroid dienone is 2. The van der Waals surface area contributed by atoms with Crippen molar-refractivity contribution in [2.24, 2.45) is 5.41 Å². The first-order valence-corrected chi connectivity index (χ1v) is 5.42. The van der Waals surface area contributed by atoms with Gasteiger partial charge in [-0.15, -0.1) is 6.42 Å². The largest absolute Gasteiger partial charge is 0.388 e. The third-order valence-electron chi connectivity index (χ3n) is 2.91. The van der Waals surface area contributed by atoms with E-state index in [9.17, 15) is 5.11 Å². The van der Waals surface area contributed by atoms with Gasteiger partial charge in [0, 0.05) is 5.57 Å². The van der Waals surface area contributed by atoms with Gasteiger partial charge < -0.3 is 5.11 Å². The highest BCUT2D eigenvalue weighted by atomic mass is 16.3. The number of aliphatic hydroxyl groups excluding tert-OH is 1.